The largest absolute Gasteiger partial charge is 0.503 e. The third-order valence-electron chi connectivity index (χ3n) is 3.66. The zero-order chi connectivity index (χ0) is 20.7. The summed E-state index contributed by atoms with van der Waals surface area (Å²) in [5, 5.41) is 16.5. The lowest BCUT2D eigenvalue weighted by atomic mass is 10.1. The molecular formula is C19H19Br2N3O4. The van der Waals surface area contributed by atoms with E-state index in [4.69, 9.17) is 4.74 Å². The summed E-state index contributed by atoms with van der Waals surface area (Å²) in [6, 6.07) is 10.3. The Morgan fingerprint density at radius 2 is 1.93 bits per heavy atom. The number of ether oxygens (including phenoxy) is 1. The minimum atomic E-state index is -0.949. The highest BCUT2D eigenvalue weighted by Gasteiger charge is 2.21. The van der Waals surface area contributed by atoms with Crippen molar-refractivity contribution in [1.29, 1.82) is 0 Å². The normalized spacial score (nSPS) is 11.9. The number of hydrazone groups is 1. The first-order valence-electron chi connectivity index (χ1n) is 8.37. The van der Waals surface area contributed by atoms with Crippen LogP contribution in [0.15, 0.2) is 50.4 Å². The SMILES string of the molecule is CCOc1cc(C=NNC(=O)C(C)C(=O)Nc2ccccc2Br)cc(Br)c1O. The minimum absolute atomic E-state index is 0.0135. The molecule has 2 rings (SSSR count). The molecule has 0 aromatic heterocycles. The van der Waals surface area contributed by atoms with Crippen LogP contribution >= 0.6 is 31.9 Å². The zero-order valence-electron chi connectivity index (χ0n) is 15.2. The third-order valence-corrected chi connectivity index (χ3v) is 4.95. The van der Waals surface area contributed by atoms with Crippen molar-refractivity contribution in [1.82, 2.24) is 5.43 Å². The summed E-state index contributed by atoms with van der Waals surface area (Å²) >= 11 is 6.57. The van der Waals surface area contributed by atoms with Crippen molar-refractivity contribution in [2.75, 3.05) is 11.9 Å². The van der Waals surface area contributed by atoms with Crippen molar-refractivity contribution in [2.45, 2.75) is 13.8 Å². The van der Waals surface area contributed by atoms with Gasteiger partial charge in [0.15, 0.2) is 11.5 Å². The van der Waals surface area contributed by atoms with E-state index in [1.54, 1.807) is 37.3 Å². The van der Waals surface area contributed by atoms with Crippen molar-refractivity contribution >= 4 is 55.6 Å². The van der Waals surface area contributed by atoms with E-state index in [0.29, 0.717) is 28.1 Å². The number of phenolic OH excluding ortho intramolecular Hbond substituents is 1. The number of carbonyl (C=O) groups excluding carboxylic acids is 2. The number of carbonyl (C=O) groups is 2. The smallest absolute Gasteiger partial charge is 0.252 e. The van der Waals surface area contributed by atoms with E-state index < -0.39 is 17.7 Å². The van der Waals surface area contributed by atoms with Crippen LogP contribution in [-0.2, 0) is 9.59 Å². The second-order valence-electron chi connectivity index (χ2n) is 5.71. The molecule has 148 valence electrons. The predicted molar refractivity (Wildman–Crippen MR) is 115 cm³/mol. The highest BCUT2D eigenvalue weighted by Crippen LogP contribution is 2.35. The minimum Gasteiger partial charge on any atom is -0.503 e. The Kier molecular flexibility index (Phi) is 8.01. The van der Waals surface area contributed by atoms with Gasteiger partial charge in [-0.2, -0.15) is 5.10 Å². The fourth-order valence-corrected chi connectivity index (χ4v) is 2.97. The molecule has 0 bridgehead atoms. The first kappa shape index (κ1) is 21.9. The number of hydrogen-bond donors (Lipinski definition) is 3. The molecule has 1 atom stereocenters. The first-order valence-corrected chi connectivity index (χ1v) is 9.95. The van der Waals surface area contributed by atoms with Crippen LogP contribution in [0.1, 0.15) is 19.4 Å². The van der Waals surface area contributed by atoms with Crippen LogP contribution in [0.25, 0.3) is 0 Å². The number of hydrogen-bond acceptors (Lipinski definition) is 5. The van der Waals surface area contributed by atoms with Gasteiger partial charge in [-0.15, -0.1) is 0 Å². The molecule has 0 aliphatic carbocycles. The van der Waals surface area contributed by atoms with Gasteiger partial charge in [0, 0.05) is 4.47 Å². The van der Waals surface area contributed by atoms with Crippen LogP contribution in [0.3, 0.4) is 0 Å². The van der Waals surface area contributed by atoms with Crippen molar-refractivity contribution < 1.29 is 19.4 Å². The molecule has 0 spiro atoms. The van der Waals surface area contributed by atoms with Crippen molar-refractivity contribution in [3.8, 4) is 11.5 Å². The molecule has 0 aliphatic rings. The number of rotatable bonds is 7. The Hall–Kier alpha value is -2.39. The number of benzene rings is 2. The molecule has 2 aromatic carbocycles. The van der Waals surface area contributed by atoms with Gasteiger partial charge in [0.05, 0.1) is 23.0 Å². The average Bonchev–Trinajstić information content (AvgIpc) is 2.66. The van der Waals surface area contributed by atoms with Gasteiger partial charge in [0.25, 0.3) is 5.91 Å². The third kappa shape index (κ3) is 5.80. The highest BCUT2D eigenvalue weighted by molar-refractivity contribution is 9.11. The standard InChI is InChI=1S/C19H19Br2N3O4/c1-3-28-16-9-12(8-14(21)17(16)25)10-22-24-19(27)11(2)18(26)23-15-7-5-4-6-13(15)20/h4-11,25H,3H2,1-2H3,(H,23,26)(H,24,27). The maximum atomic E-state index is 12.2. The summed E-state index contributed by atoms with van der Waals surface area (Å²) < 4.78 is 6.49. The molecule has 0 fully saturated rings. The number of amides is 2. The highest BCUT2D eigenvalue weighted by atomic mass is 79.9. The van der Waals surface area contributed by atoms with E-state index in [-0.39, 0.29) is 5.75 Å². The monoisotopic (exact) mass is 511 g/mol. The fraction of sp³-hybridized carbons (Fsp3) is 0.211. The molecule has 9 heteroatoms. The molecule has 0 aliphatic heterocycles. The summed E-state index contributed by atoms with van der Waals surface area (Å²) in [4.78, 5) is 24.4. The van der Waals surface area contributed by atoms with Crippen LogP contribution < -0.4 is 15.5 Å². The lowest BCUT2D eigenvalue weighted by molar-refractivity contribution is -0.131. The van der Waals surface area contributed by atoms with Crippen molar-refractivity contribution in [3.05, 3.63) is 50.9 Å². The number of aromatic hydroxyl groups is 1. The second kappa shape index (κ2) is 10.2. The second-order valence-corrected chi connectivity index (χ2v) is 7.42. The molecule has 3 N–H and O–H groups in total. The number of phenols is 1. The molecule has 28 heavy (non-hydrogen) atoms. The summed E-state index contributed by atoms with van der Waals surface area (Å²) in [7, 11) is 0. The molecule has 0 saturated heterocycles. The van der Waals surface area contributed by atoms with Crippen LogP contribution in [0.2, 0.25) is 0 Å². The van der Waals surface area contributed by atoms with Gasteiger partial charge in [-0.1, -0.05) is 12.1 Å². The van der Waals surface area contributed by atoms with Gasteiger partial charge < -0.3 is 15.2 Å². The van der Waals surface area contributed by atoms with E-state index in [2.05, 4.69) is 47.7 Å². The van der Waals surface area contributed by atoms with E-state index >= 15 is 0 Å². The quantitative estimate of drug-likeness (QED) is 0.296. The zero-order valence-corrected chi connectivity index (χ0v) is 18.4. The molecule has 2 amide bonds. The van der Waals surface area contributed by atoms with E-state index in [1.807, 2.05) is 6.07 Å². The number of nitrogens with zero attached hydrogens (tertiary/aromatic N) is 1. The molecule has 0 radical (unpaired) electrons. The Balaban J connectivity index is 1.99. The van der Waals surface area contributed by atoms with Crippen LogP contribution in [-0.4, -0.2) is 29.7 Å². The van der Waals surface area contributed by atoms with Crippen LogP contribution in [0.4, 0.5) is 5.69 Å². The number of halogens is 2. The van der Waals surface area contributed by atoms with Gasteiger partial charge in [-0.3, -0.25) is 9.59 Å². The molecule has 0 saturated carbocycles. The Labute approximate surface area is 179 Å². The van der Waals surface area contributed by atoms with Gasteiger partial charge in [0.2, 0.25) is 5.91 Å². The topological polar surface area (TPSA) is 100 Å². The summed E-state index contributed by atoms with van der Waals surface area (Å²) in [6.07, 6.45) is 1.39. The maximum absolute atomic E-state index is 12.2. The maximum Gasteiger partial charge on any atom is 0.252 e. The number of anilines is 1. The summed E-state index contributed by atoms with van der Waals surface area (Å²) in [5.41, 5.74) is 3.51. The van der Waals surface area contributed by atoms with Gasteiger partial charge in [-0.05, 0) is 75.5 Å². The van der Waals surface area contributed by atoms with Crippen molar-refractivity contribution in [3.63, 3.8) is 0 Å². The number of para-hydroxylation sites is 1. The first-order chi connectivity index (χ1) is 13.3. The van der Waals surface area contributed by atoms with E-state index in [9.17, 15) is 14.7 Å². The molecule has 1 unspecified atom stereocenters. The summed E-state index contributed by atoms with van der Waals surface area (Å²) in [6.45, 7) is 3.68. The molecule has 7 nitrogen and oxygen atoms in total. The van der Waals surface area contributed by atoms with E-state index in [1.165, 1.54) is 13.1 Å². The van der Waals surface area contributed by atoms with Crippen molar-refractivity contribution in [2.24, 2.45) is 11.0 Å². The molecule has 0 heterocycles. The van der Waals surface area contributed by atoms with Gasteiger partial charge in [0.1, 0.15) is 5.92 Å². The molecule has 2 aromatic rings. The lowest BCUT2D eigenvalue weighted by Gasteiger charge is -2.12. The van der Waals surface area contributed by atoms with Crippen LogP contribution in [0, 0.1) is 5.92 Å². The number of nitrogens with one attached hydrogen (secondary N) is 2. The lowest BCUT2D eigenvalue weighted by Crippen LogP contribution is -2.34. The average molecular weight is 513 g/mol. The Morgan fingerprint density at radius 1 is 1.21 bits per heavy atom. The van der Waals surface area contributed by atoms with Gasteiger partial charge in [-0.25, -0.2) is 5.43 Å². The Bertz CT molecular complexity index is 903. The summed E-state index contributed by atoms with van der Waals surface area (Å²) in [5.74, 6) is -1.67. The fourth-order valence-electron chi connectivity index (χ4n) is 2.12. The van der Waals surface area contributed by atoms with Gasteiger partial charge >= 0.3 is 0 Å². The predicted octanol–water partition coefficient (Wildman–Crippen LogP) is 4.04. The van der Waals surface area contributed by atoms with E-state index in [0.717, 1.165) is 4.47 Å². The molecular weight excluding hydrogens is 494 g/mol. The Morgan fingerprint density at radius 3 is 2.61 bits per heavy atom. The van der Waals surface area contributed by atoms with Crippen LogP contribution in [0.5, 0.6) is 11.5 Å².